The molecule has 0 bridgehead atoms. The predicted molar refractivity (Wildman–Crippen MR) is 156 cm³/mol. The molecule has 0 aliphatic heterocycles. The van der Waals surface area contributed by atoms with Gasteiger partial charge in [0.2, 0.25) is 5.91 Å². The number of carbonyl (C=O) groups excluding carboxylic acids is 1. The lowest BCUT2D eigenvalue weighted by atomic mass is 9.89. The number of hydrogen-bond acceptors (Lipinski definition) is 6. The Morgan fingerprint density at radius 3 is 2.59 bits per heavy atom. The van der Waals surface area contributed by atoms with Gasteiger partial charge in [0.25, 0.3) is 0 Å². The van der Waals surface area contributed by atoms with E-state index in [0.717, 1.165) is 44.4 Å². The van der Waals surface area contributed by atoms with E-state index in [1.807, 2.05) is 19.1 Å². The molecule has 1 aliphatic carbocycles. The minimum absolute atomic E-state index is 0.0468. The highest BCUT2D eigenvalue weighted by molar-refractivity contribution is 6.31. The molecule has 0 radical (unpaired) electrons. The fraction of sp³-hybridized carbons (Fsp3) is 0.500. The van der Waals surface area contributed by atoms with Crippen LogP contribution in [0.2, 0.25) is 5.02 Å². The van der Waals surface area contributed by atoms with Crippen LogP contribution in [-0.2, 0) is 4.79 Å². The van der Waals surface area contributed by atoms with Gasteiger partial charge in [0.05, 0.1) is 29.4 Å². The van der Waals surface area contributed by atoms with Crippen molar-refractivity contribution >= 4 is 39.9 Å². The molecular weight excluding hydrogens is 519 g/mol. The first kappa shape index (κ1) is 30.4. The first-order valence-corrected chi connectivity index (χ1v) is 14.1. The maximum Gasteiger partial charge on any atom is 0.222 e. The molecular formula is C30H40ClFN4O3. The lowest BCUT2D eigenvalue weighted by Gasteiger charge is -2.27. The highest BCUT2D eigenvalue weighted by Gasteiger charge is 2.22. The van der Waals surface area contributed by atoms with Crippen molar-refractivity contribution in [2.75, 3.05) is 19.5 Å². The van der Waals surface area contributed by atoms with Crippen molar-refractivity contribution in [1.82, 2.24) is 15.3 Å². The van der Waals surface area contributed by atoms with Crippen LogP contribution in [0.3, 0.4) is 0 Å². The molecule has 2 N–H and O–H groups in total. The van der Waals surface area contributed by atoms with Gasteiger partial charge in [-0.3, -0.25) is 4.79 Å². The van der Waals surface area contributed by atoms with E-state index in [0.29, 0.717) is 28.2 Å². The number of amides is 1. The van der Waals surface area contributed by atoms with Crippen LogP contribution in [0.25, 0.3) is 10.9 Å². The summed E-state index contributed by atoms with van der Waals surface area (Å²) in [6, 6.07) is 8.47. The van der Waals surface area contributed by atoms with Crippen LogP contribution in [0.4, 0.5) is 15.9 Å². The lowest BCUT2D eigenvalue weighted by molar-refractivity contribution is -0.124. The second-order valence-electron chi connectivity index (χ2n) is 10.1. The molecule has 4 rings (SSSR count). The number of nitrogens with zero attached hydrogens (tertiary/aromatic N) is 2. The van der Waals surface area contributed by atoms with Gasteiger partial charge in [0.15, 0.2) is 17.3 Å². The highest BCUT2D eigenvalue weighted by Crippen LogP contribution is 2.37. The number of ether oxygens (including phenoxy) is 2. The van der Waals surface area contributed by atoms with Crippen molar-refractivity contribution in [3.05, 3.63) is 47.5 Å². The molecule has 7 nitrogen and oxygen atoms in total. The van der Waals surface area contributed by atoms with E-state index >= 15 is 0 Å². The number of carbonyl (C=O) groups is 1. The summed E-state index contributed by atoms with van der Waals surface area (Å²) in [6.45, 7) is 6.38. The van der Waals surface area contributed by atoms with Crippen LogP contribution in [0.5, 0.6) is 11.5 Å². The fourth-order valence-electron chi connectivity index (χ4n) is 4.56. The molecule has 9 heteroatoms. The second-order valence-corrected chi connectivity index (χ2v) is 10.5. The number of fused-ring (bicyclic) bond motifs is 1. The van der Waals surface area contributed by atoms with E-state index in [9.17, 15) is 9.18 Å². The summed E-state index contributed by atoms with van der Waals surface area (Å²) in [5.41, 5.74) is 0.920. The lowest BCUT2D eigenvalue weighted by Crippen LogP contribution is -2.25. The molecule has 1 heterocycles. The van der Waals surface area contributed by atoms with Crippen LogP contribution in [0, 0.1) is 17.7 Å². The van der Waals surface area contributed by atoms with Gasteiger partial charge in [-0.1, -0.05) is 51.3 Å². The van der Waals surface area contributed by atoms with Crippen LogP contribution < -0.4 is 20.1 Å². The molecule has 2 aromatic carbocycles. The number of methoxy groups -OCH3 is 1. The van der Waals surface area contributed by atoms with E-state index in [1.165, 1.54) is 18.8 Å². The first-order valence-electron chi connectivity index (χ1n) is 13.7. The SMILES string of the molecule is CCCC[C@H](C)C(=O)NC.COc1cc2ncnc(Nc3cccc(Cl)c3F)c2cc1OC1CCC(C)CC1. The number of nitrogens with one attached hydrogen (secondary N) is 2. The van der Waals surface area contributed by atoms with Crippen molar-refractivity contribution in [3.63, 3.8) is 0 Å². The molecule has 3 aromatic rings. The van der Waals surface area contributed by atoms with E-state index in [-0.39, 0.29) is 28.6 Å². The number of hydrogen-bond donors (Lipinski definition) is 2. The van der Waals surface area contributed by atoms with Crippen molar-refractivity contribution < 1.29 is 18.7 Å². The van der Waals surface area contributed by atoms with Crippen LogP contribution in [0.15, 0.2) is 36.7 Å². The van der Waals surface area contributed by atoms with Gasteiger partial charge < -0.3 is 20.1 Å². The maximum absolute atomic E-state index is 14.3. The standard InChI is InChI=1S/C22H23ClFN3O2.C8H17NO/c1-13-6-8-14(9-7-13)29-20-10-15-18(11-19(20)28-2)25-12-26-22(15)27-17-5-3-4-16(23)21(17)24;1-4-5-6-7(2)8(10)9-3/h3-5,10-14H,6-9H2,1-2H3,(H,25,26,27);7H,4-6H2,1-3H3,(H,9,10)/t;7-/m.0/s1. The molecule has 1 fully saturated rings. The molecule has 0 spiro atoms. The number of aromatic nitrogens is 2. The summed E-state index contributed by atoms with van der Waals surface area (Å²) >= 11 is 5.90. The molecule has 1 aliphatic rings. The smallest absolute Gasteiger partial charge is 0.222 e. The summed E-state index contributed by atoms with van der Waals surface area (Å²) in [4.78, 5) is 19.5. The average Bonchev–Trinajstić information content (AvgIpc) is 2.95. The fourth-order valence-corrected chi connectivity index (χ4v) is 4.73. The topological polar surface area (TPSA) is 85.4 Å². The van der Waals surface area contributed by atoms with Gasteiger partial charge in [-0.05, 0) is 56.2 Å². The van der Waals surface area contributed by atoms with Crippen LogP contribution >= 0.6 is 11.6 Å². The van der Waals surface area contributed by atoms with Gasteiger partial charge in [-0.2, -0.15) is 0 Å². The van der Waals surface area contributed by atoms with Crippen molar-refractivity contribution in [2.24, 2.45) is 11.8 Å². The quantitative estimate of drug-likeness (QED) is 0.280. The van der Waals surface area contributed by atoms with Gasteiger partial charge in [0, 0.05) is 24.4 Å². The van der Waals surface area contributed by atoms with E-state index in [4.69, 9.17) is 21.1 Å². The third-order valence-corrected chi connectivity index (χ3v) is 7.36. The number of anilines is 2. The van der Waals surface area contributed by atoms with Crippen LogP contribution in [0.1, 0.15) is 65.7 Å². The van der Waals surface area contributed by atoms with Gasteiger partial charge in [-0.15, -0.1) is 0 Å². The summed E-state index contributed by atoms with van der Waals surface area (Å²) < 4.78 is 26.1. The largest absolute Gasteiger partial charge is 0.493 e. The zero-order chi connectivity index (χ0) is 28.4. The molecule has 1 atom stereocenters. The monoisotopic (exact) mass is 558 g/mol. The normalized spacial score (nSPS) is 17.5. The van der Waals surface area contributed by atoms with E-state index < -0.39 is 5.82 Å². The molecule has 1 aromatic heterocycles. The van der Waals surface area contributed by atoms with Crippen LogP contribution in [-0.4, -0.2) is 36.1 Å². The number of halogens is 2. The Kier molecular flexibility index (Phi) is 11.6. The summed E-state index contributed by atoms with van der Waals surface area (Å²) in [7, 11) is 3.30. The Bertz CT molecular complexity index is 1230. The zero-order valence-electron chi connectivity index (χ0n) is 23.5. The number of unbranched alkanes of at least 4 members (excludes halogenated alkanes) is 1. The number of benzene rings is 2. The molecule has 1 saturated carbocycles. The molecule has 212 valence electrons. The van der Waals surface area contributed by atoms with Gasteiger partial charge in [0.1, 0.15) is 12.1 Å². The Balaban J connectivity index is 0.000000360. The summed E-state index contributed by atoms with van der Waals surface area (Å²) in [5.74, 6) is 2.30. The third-order valence-electron chi connectivity index (χ3n) is 7.07. The van der Waals surface area contributed by atoms with Gasteiger partial charge >= 0.3 is 0 Å². The number of rotatable bonds is 9. The predicted octanol–water partition coefficient (Wildman–Crippen LogP) is 7.69. The summed E-state index contributed by atoms with van der Waals surface area (Å²) in [5, 5.41) is 6.42. The van der Waals surface area contributed by atoms with E-state index in [2.05, 4.69) is 34.4 Å². The van der Waals surface area contributed by atoms with Crippen molar-refractivity contribution in [2.45, 2.75) is 71.8 Å². The molecule has 39 heavy (non-hydrogen) atoms. The highest BCUT2D eigenvalue weighted by atomic mass is 35.5. The molecule has 0 saturated heterocycles. The first-order chi connectivity index (χ1) is 18.8. The second kappa shape index (κ2) is 14.9. The van der Waals surface area contributed by atoms with Crippen molar-refractivity contribution in [3.8, 4) is 11.5 Å². The average molecular weight is 559 g/mol. The molecule has 0 unspecified atom stereocenters. The molecule has 1 amide bonds. The Labute approximate surface area is 235 Å². The Hall–Kier alpha value is -3.13. The third kappa shape index (κ3) is 8.43. The minimum atomic E-state index is -0.526. The van der Waals surface area contributed by atoms with Gasteiger partial charge in [-0.25, -0.2) is 14.4 Å². The minimum Gasteiger partial charge on any atom is -0.493 e. The maximum atomic E-state index is 14.3. The Morgan fingerprint density at radius 2 is 1.92 bits per heavy atom. The Morgan fingerprint density at radius 1 is 1.18 bits per heavy atom. The zero-order valence-corrected chi connectivity index (χ0v) is 24.3. The summed E-state index contributed by atoms with van der Waals surface area (Å²) in [6.07, 6.45) is 9.26. The van der Waals surface area contributed by atoms with E-state index in [1.54, 1.807) is 26.3 Å². The van der Waals surface area contributed by atoms with Crippen molar-refractivity contribution in [1.29, 1.82) is 0 Å².